The maximum atomic E-state index is 14.1. The molecule has 0 aliphatic carbocycles. The van der Waals surface area contributed by atoms with E-state index in [0.29, 0.717) is 23.6 Å². The Morgan fingerprint density at radius 2 is 1.50 bits per heavy atom. The molecule has 0 heterocycles. The molecule has 0 fully saturated rings. The molecule has 226 valence electrons. The lowest BCUT2D eigenvalue weighted by molar-refractivity contribution is -0.140. The normalized spacial score (nSPS) is 11.9. The number of hydrogen-bond donors (Lipinski definition) is 1. The van der Waals surface area contributed by atoms with E-state index >= 15 is 0 Å². The number of nitrogens with zero attached hydrogens (tertiary/aromatic N) is 2. The zero-order chi connectivity index (χ0) is 30.9. The molecule has 0 aliphatic heterocycles. The number of methoxy groups -OCH3 is 3. The molecule has 11 heteroatoms. The van der Waals surface area contributed by atoms with Gasteiger partial charge in [0.1, 0.15) is 18.3 Å². The van der Waals surface area contributed by atoms with Crippen LogP contribution in [0.3, 0.4) is 0 Å². The maximum Gasteiger partial charge on any atom is 0.264 e. The third-order valence-electron chi connectivity index (χ3n) is 6.59. The number of nitrogens with one attached hydrogen (secondary N) is 1. The number of hydrogen-bond acceptors (Lipinski definition) is 7. The predicted octanol–water partition coefficient (Wildman–Crippen LogP) is 4.24. The minimum absolute atomic E-state index is 0.0805. The third-order valence-corrected chi connectivity index (χ3v) is 8.36. The fraction of sp³-hybridized carbons (Fsp3) is 0.355. The number of carbonyl (C=O) groups excluding carboxylic acids is 2. The van der Waals surface area contributed by atoms with E-state index in [-0.39, 0.29) is 29.1 Å². The molecule has 1 atom stereocenters. The van der Waals surface area contributed by atoms with Gasteiger partial charge in [-0.05, 0) is 62.2 Å². The van der Waals surface area contributed by atoms with Crippen molar-refractivity contribution in [2.75, 3.05) is 32.2 Å². The van der Waals surface area contributed by atoms with Crippen molar-refractivity contribution >= 4 is 27.5 Å². The molecule has 2 amide bonds. The van der Waals surface area contributed by atoms with E-state index in [1.807, 2.05) is 32.9 Å². The average Bonchev–Trinajstić information content (AvgIpc) is 2.99. The van der Waals surface area contributed by atoms with Crippen LogP contribution < -0.4 is 23.8 Å². The van der Waals surface area contributed by atoms with Crippen molar-refractivity contribution in [2.24, 2.45) is 0 Å². The van der Waals surface area contributed by atoms with Gasteiger partial charge in [-0.2, -0.15) is 0 Å². The van der Waals surface area contributed by atoms with Crippen molar-refractivity contribution < 1.29 is 32.2 Å². The summed E-state index contributed by atoms with van der Waals surface area (Å²) in [5, 5.41) is 2.89. The largest absolute Gasteiger partial charge is 0.497 e. The number of amides is 2. The number of sulfonamides is 1. The lowest BCUT2D eigenvalue weighted by atomic mass is 10.1. The Morgan fingerprint density at radius 1 is 0.857 bits per heavy atom. The fourth-order valence-corrected chi connectivity index (χ4v) is 5.89. The van der Waals surface area contributed by atoms with Gasteiger partial charge in [0.25, 0.3) is 10.0 Å². The highest BCUT2D eigenvalue weighted by atomic mass is 32.2. The first-order valence-corrected chi connectivity index (χ1v) is 15.0. The molecule has 0 aliphatic rings. The zero-order valence-electron chi connectivity index (χ0n) is 24.9. The van der Waals surface area contributed by atoms with Gasteiger partial charge in [-0.1, -0.05) is 37.3 Å². The van der Waals surface area contributed by atoms with Crippen LogP contribution in [0.1, 0.15) is 32.8 Å². The molecule has 0 saturated heterocycles. The summed E-state index contributed by atoms with van der Waals surface area (Å²) in [6.07, 6.45) is 0.328. The van der Waals surface area contributed by atoms with E-state index < -0.39 is 28.5 Å². The molecular weight excluding hydrogens is 558 g/mol. The van der Waals surface area contributed by atoms with Crippen molar-refractivity contribution in [3.63, 3.8) is 0 Å². The summed E-state index contributed by atoms with van der Waals surface area (Å²) >= 11 is 0. The Bertz CT molecular complexity index is 1450. The molecular formula is C31H39N3O7S. The van der Waals surface area contributed by atoms with Gasteiger partial charge in [0.15, 0.2) is 11.5 Å². The standard InChI is InChI=1S/C31H39N3O7S/c1-7-27(31(36)32-22(2)3)33(20-23-13-15-25(39-4)16-14-23)30(35)21-34(24-11-9-8-10-12-24)42(37,38)26-17-18-28(40-5)29(19-26)41-6/h8-19,22,27H,7,20-21H2,1-6H3,(H,32,36). The molecule has 0 aromatic heterocycles. The number of ether oxygens (including phenoxy) is 3. The van der Waals surface area contributed by atoms with Crippen LogP contribution >= 0.6 is 0 Å². The lowest BCUT2D eigenvalue weighted by Crippen LogP contribution is -2.53. The minimum Gasteiger partial charge on any atom is -0.497 e. The van der Waals surface area contributed by atoms with Crippen LogP contribution in [0, 0.1) is 0 Å². The Balaban J connectivity index is 2.07. The number of benzene rings is 3. The first-order valence-electron chi connectivity index (χ1n) is 13.6. The summed E-state index contributed by atoms with van der Waals surface area (Å²) in [7, 11) is 0.170. The summed E-state index contributed by atoms with van der Waals surface area (Å²) in [4.78, 5) is 28.7. The van der Waals surface area contributed by atoms with Crippen molar-refractivity contribution in [3.05, 3.63) is 78.4 Å². The van der Waals surface area contributed by atoms with Crippen LogP contribution in [0.15, 0.2) is 77.7 Å². The summed E-state index contributed by atoms with van der Waals surface area (Å²) < 4.78 is 45.0. The maximum absolute atomic E-state index is 14.1. The number of anilines is 1. The molecule has 10 nitrogen and oxygen atoms in total. The van der Waals surface area contributed by atoms with Crippen LogP contribution in [0.2, 0.25) is 0 Å². The van der Waals surface area contributed by atoms with Gasteiger partial charge in [-0.25, -0.2) is 8.42 Å². The van der Waals surface area contributed by atoms with E-state index in [0.717, 1.165) is 9.87 Å². The van der Waals surface area contributed by atoms with Crippen LogP contribution in [-0.4, -0.2) is 65.1 Å². The average molecular weight is 598 g/mol. The molecule has 3 aromatic rings. The first-order chi connectivity index (χ1) is 20.0. The number of para-hydroxylation sites is 1. The molecule has 0 radical (unpaired) electrons. The Hall–Kier alpha value is -4.25. The second-order valence-corrected chi connectivity index (χ2v) is 11.7. The van der Waals surface area contributed by atoms with Gasteiger partial charge in [0.2, 0.25) is 11.8 Å². The van der Waals surface area contributed by atoms with Gasteiger partial charge < -0.3 is 24.4 Å². The van der Waals surface area contributed by atoms with Crippen molar-refractivity contribution in [1.82, 2.24) is 10.2 Å². The first kappa shape index (κ1) is 32.3. The second-order valence-electron chi connectivity index (χ2n) is 9.82. The number of rotatable bonds is 14. The van der Waals surface area contributed by atoms with Crippen LogP contribution in [-0.2, 0) is 26.2 Å². The zero-order valence-corrected chi connectivity index (χ0v) is 25.7. The summed E-state index contributed by atoms with van der Waals surface area (Å²) in [6.45, 7) is 5.04. The molecule has 0 saturated carbocycles. The van der Waals surface area contributed by atoms with Gasteiger partial charge in [-0.3, -0.25) is 13.9 Å². The molecule has 3 aromatic carbocycles. The molecule has 42 heavy (non-hydrogen) atoms. The van der Waals surface area contributed by atoms with Crippen molar-refractivity contribution in [3.8, 4) is 17.2 Å². The van der Waals surface area contributed by atoms with E-state index in [1.165, 1.54) is 37.3 Å². The lowest BCUT2D eigenvalue weighted by Gasteiger charge is -2.33. The quantitative estimate of drug-likeness (QED) is 0.296. The van der Waals surface area contributed by atoms with E-state index in [2.05, 4.69) is 5.32 Å². The molecule has 1 unspecified atom stereocenters. The van der Waals surface area contributed by atoms with Crippen LogP contribution in [0.4, 0.5) is 5.69 Å². The van der Waals surface area contributed by atoms with E-state index in [1.54, 1.807) is 49.6 Å². The third kappa shape index (κ3) is 7.73. The topological polar surface area (TPSA) is 114 Å². The highest BCUT2D eigenvalue weighted by molar-refractivity contribution is 7.92. The van der Waals surface area contributed by atoms with Gasteiger partial charge >= 0.3 is 0 Å². The number of carbonyl (C=O) groups is 2. The molecule has 3 rings (SSSR count). The SMILES string of the molecule is CCC(C(=O)NC(C)C)N(Cc1ccc(OC)cc1)C(=O)CN(c1ccccc1)S(=O)(=O)c1ccc(OC)c(OC)c1. The van der Waals surface area contributed by atoms with E-state index in [4.69, 9.17) is 14.2 Å². The Morgan fingerprint density at radius 3 is 2.05 bits per heavy atom. The summed E-state index contributed by atoms with van der Waals surface area (Å²) in [5.74, 6) is 0.396. The Labute approximate surface area is 248 Å². The Kier molecular flexibility index (Phi) is 11.2. The molecule has 1 N–H and O–H groups in total. The summed E-state index contributed by atoms with van der Waals surface area (Å²) in [6, 6.07) is 18.8. The highest BCUT2D eigenvalue weighted by Gasteiger charge is 2.34. The second kappa shape index (κ2) is 14.6. The van der Waals surface area contributed by atoms with E-state index in [9.17, 15) is 18.0 Å². The van der Waals surface area contributed by atoms with Gasteiger partial charge in [-0.15, -0.1) is 0 Å². The molecule has 0 spiro atoms. The predicted molar refractivity (Wildman–Crippen MR) is 161 cm³/mol. The highest BCUT2D eigenvalue weighted by Crippen LogP contribution is 2.32. The van der Waals surface area contributed by atoms with Crippen molar-refractivity contribution in [1.29, 1.82) is 0 Å². The minimum atomic E-state index is -4.26. The monoisotopic (exact) mass is 597 g/mol. The van der Waals surface area contributed by atoms with Crippen LogP contribution in [0.5, 0.6) is 17.2 Å². The van der Waals surface area contributed by atoms with Gasteiger partial charge in [0, 0.05) is 18.7 Å². The van der Waals surface area contributed by atoms with Crippen LogP contribution in [0.25, 0.3) is 0 Å². The van der Waals surface area contributed by atoms with Crippen molar-refractivity contribution in [2.45, 2.75) is 50.7 Å². The smallest absolute Gasteiger partial charge is 0.264 e. The fourth-order valence-electron chi connectivity index (χ4n) is 4.46. The summed E-state index contributed by atoms with van der Waals surface area (Å²) in [5.41, 5.74) is 1.05. The molecule has 0 bridgehead atoms. The van der Waals surface area contributed by atoms with Gasteiger partial charge in [0.05, 0.1) is 31.9 Å².